The number of ether oxygens (including phenoxy) is 1. The Bertz CT molecular complexity index is 479. The predicted molar refractivity (Wildman–Crippen MR) is 73.9 cm³/mol. The van der Waals surface area contributed by atoms with Gasteiger partial charge in [-0.05, 0) is 45.4 Å². The van der Waals surface area contributed by atoms with Gasteiger partial charge in [0, 0.05) is 6.42 Å². The molecular formula is C15H20FNO3. The lowest BCUT2D eigenvalue weighted by Gasteiger charge is -2.27. The number of nitrogens with one attached hydrogen (secondary N) is 1. The summed E-state index contributed by atoms with van der Waals surface area (Å²) in [4.78, 5) is 23.0. The number of aldehydes is 1. The van der Waals surface area contributed by atoms with Crippen LogP contribution in [-0.2, 0) is 16.0 Å². The largest absolute Gasteiger partial charge is 0.444 e. The monoisotopic (exact) mass is 281 g/mol. The fraction of sp³-hybridized carbons (Fsp3) is 0.467. The Balaban J connectivity index is 2.74. The Hall–Kier alpha value is -1.91. The van der Waals surface area contributed by atoms with E-state index in [0.29, 0.717) is 6.29 Å². The van der Waals surface area contributed by atoms with Crippen LogP contribution >= 0.6 is 0 Å². The van der Waals surface area contributed by atoms with Crippen LogP contribution in [0.15, 0.2) is 24.3 Å². The SMILES string of the molecule is CC(C=O)(Cc1ccc(F)cc1)NC(=O)OC(C)(C)C. The molecule has 5 heteroatoms. The van der Waals surface area contributed by atoms with Gasteiger partial charge >= 0.3 is 6.09 Å². The number of hydrogen-bond acceptors (Lipinski definition) is 3. The maximum atomic E-state index is 12.8. The van der Waals surface area contributed by atoms with E-state index in [4.69, 9.17) is 4.74 Å². The smallest absolute Gasteiger partial charge is 0.408 e. The molecule has 0 aromatic heterocycles. The average Bonchev–Trinajstić information content (AvgIpc) is 2.29. The Morgan fingerprint density at radius 3 is 2.25 bits per heavy atom. The molecule has 1 rings (SSSR count). The third kappa shape index (κ3) is 5.38. The lowest BCUT2D eigenvalue weighted by atomic mass is 9.94. The van der Waals surface area contributed by atoms with Gasteiger partial charge in [0.1, 0.15) is 17.7 Å². The van der Waals surface area contributed by atoms with Crippen LogP contribution in [0.4, 0.5) is 9.18 Å². The van der Waals surface area contributed by atoms with Gasteiger partial charge in [-0.25, -0.2) is 9.18 Å². The Kier molecular flexibility index (Phi) is 4.87. The molecule has 0 saturated heterocycles. The van der Waals surface area contributed by atoms with Gasteiger partial charge in [0.05, 0.1) is 5.54 Å². The van der Waals surface area contributed by atoms with E-state index in [-0.39, 0.29) is 12.2 Å². The zero-order chi connectivity index (χ0) is 15.4. The lowest BCUT2D eigenvalue weighted by molar-refractivity contribution is -0.112. The molecule has 4 nitrogen and oxygen atoms in total. The molecule has 1 amide bonds. The summed E-state index contributed by atoms with van der Waals surface area (Å²) < 4.78 is 18.0. The number of alkyl carbamates (subject to hydrolysis) is 1. The van der Waals surface area contributed by atoms with Gasteiger partial charge in [0.15, 0.2) is 0 Å². The second-order valence-corrected chi connectivity index (χ2v) is 5.97. The Labute approximate surface area is 118 Å². The van der Waals surface area contributed by atoms with Crippen LogP contribution in [0.2, 0.25) is 0 Å². The van der Waals surface area contributed by atoms with Crippen LogP contribution in [0.1, 0.15) is 33.3 Å². The van der Waals surface area contributed by atoms with Crippen molar-refractivity contribution >= 4 is 12.4 Å². The van der Waals surface area contributed by atoms with Crippen molar-refractivity contribution in [3.8, 4) is 0 Å². The van der Waals surface area contributed by atoms with Crippen LogP contribution in [0.25, 0.3) is 0 Å². The number of halogens is 1. The standard InChI is InChI=1S/C15H20FNO3/c1-14(2,3)20-13(19)17-15(4,10-18)9-11-5-7-12(16)8-6-11/h5-8,10H,9H2,1-4H3,(H,17,19). The minimum Gasteiger partial charge on any atom is -0.444 e. The third-order valence-corrected chi connectivity index (χ3v) is 2.53. The van der Waals surface area contributed by atoms with Crippen LogP contribution in [0.3, 0.4) is 0 Å². The Morgan fingerprint density at radius 2 is 1.80 bits per heavy atom. The molecule has 0 fully saturated rings. The molecule has 1 atom stereocenters. The highest BCUT2D eigenvalue weighted by Crippen LogP contribution is 2.14. The summed E-state index contributed by atoms with van der Waals surface area (Å²) in [5, 5.41) is 2.54. The van der Waals surface area contributed by atoms with Crippen molar-refractivity contribution in [1.82, 2.24) is 5.32 Å². The topological polar surface area (TPSA) is 55.4 Å². The normalized spacial score (nSPS) is 14.2. The fourth-order valence-electron chi connectivity index (χ4n) is 1.68. The summed E-state index contributed by atoms with van der Waals surface area (Å²) in [6.45, 7) is 6.81. The molecule has 0 heterocycles. The molecule has 1 aromatic rings. The van der Waals surface area contributed by atoms with Gasteiger partial charge in [-0.15, -0.1) is 0 Å². The summed E-state index contributed by atoms with van der Waals surface area (Å²) in [6.07, 6.45) is 0.255. The number of carbonyl (C=O) groups is 2. The van der Waals surface area contributed by atoms with Gasteiger partial charge in [-0.2, -0.15) is 0 Å². The molecule has 0 aliphatic carbocycles. The van der Waals surface area contributed by atoms with E-state index in [9.17, 15) is 14.0 Å². The van der Waals surface area contributed by atoms with Crippen LogP contribution in [0, 0.1) is 5.82 Å². The number of rotatable bonds is 4. The molecule has 1 unspecified atom stereocenters. The molecule has 110 valence electrons. The summed E-state index contributed by atoms with van der Waals surface area (Å²) in [5.41, 5.74) is -0.985. The van der Waals surface area contributed by atoms with Gasteiger partial charge in [0.25, 0.3) is 0 Å². The van der Waals surface area contributed by atoms with Crippen molar-refractivity contribution < 1.29 is 18.7 Å². The van der Waals surface area contributed by atoms with E-state index in [1.54, 1.807) is 39.8 Å². The fourth-order valence-corrected chi connectivity index (χ4v) is 1.68. The summed E-state index contributed by atoms with van der Waals surface area (Å²) >= 11 is 0. The molecule has 20 heavy (non-hydrogen) atoms. The van der Waals surface area contributed by atoms with E-state index in [1.165, 1.54) is 12.1 Å². The number of carbonyl (C=O) groups excluding carboxylic acids is 2. The number of benzene rings is 1. The maximum Gasteiger partial charge on any atom is 0.408 e. The molecule has 0 aliphatic heterocycles. The summed E-state index contributed by atoms with van der Waals surface area (Å²) in [7, 11) is 0. The quantitative estimate of drug-likeness (QED) is 0.863. The minimum atomic E-state index is -1.10. The van der Waals surface area contributed by atoms with Crippen LogP contribution in [0.5, 0.6) is 0 Å². The van der Waals surface area contributed by atoms with Crippen molar-refractivity contribution in [3.05, 3.63) is 35.6 Å². The van der Waals surface area contributed by atoms with Crippen molar-refractivity contribution in [2.24, 2.45) is 0 Å². The Morgan fingerprint density at radius 1 is 1.25 bits per heavy atom. The molecule has 1 aromatic carbocycles. The van der Waals surface area contributed by atoms with Gasteiger partial charge in [-0.3, -0.25) is 0 Å². The first-order valence-electron chi connectivity index (χ1n) is 6.35. The second-order valence-electron chi connectivity index (χ2n) is 5.97. The van der Waals surface area contributed by atoms with Crippen molar-refractivity contribution in [1.29, 1.82) is 0 Å². The molecule has 0 radical (unpaired) electrons. The second kappa shape index (κ2) is 6.03. The van der Waals surface area contributed by atoms with Crippen molar-refractivity contribution in [2.45, 2.75) is 45.3 Å². The first-order chi connectivity index (χ1) is 9.13. The van der Waals surface area contributed by atoms with E-state index in [0.717, 1.165) is 5.56 Å². The van der Waals surface area contributed by atoms with Gasteiger partial charge in [0.2, 0.25) is 0 Å². The number of amides is 1. The molecule has 0 saturated carbocycles. The molecule has 1 N–H and O–H groups in total. The highest BCUT2D eigenvalue weighted by Gasteiger charge is 2.28. The van der Waals surface area contributed by atoms with E-state index in [1.807, 2.05) is 0 Å². The van der Waals surface area contributed by atoms with E-state index >= 15 is 0 Å². The highest BCUT2D eigenvalue weighted by molar-refractivity contribution is 5.76. The predicted octanol–water partition coefficient (Wildman–Crippen LogP) is 2.85. The first kappa shape index (κ1) is 16.1. The summed E-state index contributed by atoms with van der Waals surface area (Å²) in [5.74, 6) is -0.346. The average molecular weight is 281 g/mol. The van der Waals surface area contributed by atoms with E-state index in [2.05, 4.69) is 5.32 Å². The summed E-state index contributed by atoms with van der Waals surface area (Å²) in [6, 6.07) is 5.78. The first-order valence-corrected chi connectivity index (χ1v) is 6.35. The minimum absolute atomic E-state index is 0.260. The molecule has 0 aliphatic rings. The van der Waals surface area contributed by atoms with Gasteiger partial charge < -0.3 is 14.8 Å². The number of hydrogen-bond donors (Lipinski definition) is 1. The molecular weight excluding hydrogens is 261 g/mol. The zero-order valence-corrected chi connectivity index (χ0v) is 12.2. The molecule has 0 spiro atoms. The highest BCUT2D eigenvalue weighted by atomic mass is 19.1. The zero-order valence-electron chi connectivity index (χ0n) is 12.2. The van der Waals surface area contributed by atoms with Crippen molar-refractivity contribution in [3.63, 3.8) is 0 Å². The van der Waals surface area contributed by atoms with Crippen LogP contribution < -0.4 is 5.32 Å². The van der Waals surface area contributed by atoms with Crippen LogP contribution in [-0.4, -0.2) is 23.5 Å². The maximum absolute atomic E-state index is 12.8. The third-order valence-electron chi connectivity index (χ3n) is 2.53. The molecule has 0 bridgehead atoms. The lowest BCUT2D eigenvalue weighted by Crippen LogP contribution is -2.50. The van der Waals surface area contributed by atoms with E-state index < -0.39 is 17.2 Å². The van der Waals surface area contributed by atoms with Crippen molar-refractivity contribution in [2.75, 3.05) is 0 Å². The van der Waals surface area contributed by atoms with Gasteiger partial charge in [-0.1, -0.05) is 12.1 Å².